The van der Waals surface area contributed by atoms with E-state index in [0.29, 0.717) is 6.54 Å². The Morgan fingerprint density at radius 2 is 2.00 bits per heavy atom. The number of amides is 1. The van der Waals surface area contributed by atoms with Crippen molar-refractivity contribution < 1.29 is 9.53 Å². The van der Waals surface area contributed by atoms with Crippen LogP contribution < -0.4 is 5.32 Å². The van der Waals surface area contributed by atoms with Gasteiger partial charge in [0.25, 0.3) is 0 Å². The molecule has 148 valence electrons. The Kier molecular flexibility index (Phi) is 6.00. The van der Waals surface area contributed by atoms with Gasteiger partial charge in [-0.05, 0) is 36.5 Å². The molecule has 2 aromatic rings. The summed E-state index contributed by atoms with van der Waals surface area (Å²) in [6.45, 7) is 5.99. The largest absolute Gasteiger partial charge is 0.379 e. The van der Waals surface area contributed by atoms with Gasteiger partial charge in [-0.25, -0.2) is 0 Å². The van der Waals surface area contributed by atoms with E-state index in [0.717, 1.165) is 43.3 Å². The first-order chi connectivity index (χ1) is 13.6. The standard InChI is InChI=1S/C23H27ClN2O2/c1-16-5-4-6-17(13-16)22(26-9-11-28-12-10-26)15-25-23(27)20-14-19(20)18-7-2-3-8-21(18)24/h2-8,13,19-20,22H,9-12,14-15H2,1H3,(H,25,27). The van der Waals surface area contributed by atoms with Crippen LogP contribution in [0.4, 0.5) is 0 Å². The average Bonchev–Trinajstić information content (AvgIpc) is 3.50. The lowest BCUT2D eigenvalue weighted by Gasteiger charge is -2.35. The minimum atomic E-state index is 0.0303. The zero-order valence-electron chi connectivity index (χ0n) is 16.2. The maximum absolute atomic E-state index is 12.8. The van der Waals surface area contributed by atoms with Crippen molar-refractivity contribution in [1.82, 2.24) is 10.2 Å². The Bertz CT molecular complexity index is 835. The number of morpholine rings is 1. The summed E-state index contributed by atoms with van der Waals surface area (Å²) < 4.78 is 5.52. The molecule has 1 amide bonds. The molecule has 1 heterocycles. The van der Waals surface area contributed by atoms with Gasteiger partial charge in [-0.3, -0.25) is 9.69 Å². The summed E-state index contributed by atoms with van der Waals surface area (Å²) in [5, 5.41) is 3.97. The third-order valence-corrected chi connectivity index (χ3v) is 6.16. The smallest absolute Gasteiger partial charge is 0.223 e. The summed E-state index contributed by atoms with van der Waals surface area (Å²) in [6.07, 6.45) is 0.877. The van der Waals surface area contributed by atoms with Crippen LogP contribution >= 0.6 is 11.6 Å². The Hall–Kier alpha value is -1.88. The van der Waals surface area contributed by atoms with Crippen molar-refractivity contribution in [2.75, 3.05) is 32.8 Å². The number of ether oxygens (including phenoxy) is 1. The van der Waals surface area contributed by atoms with Crippen LogP contribution in [0.1, 0.15) is 35.1 Å². The van der Waals surface area contributed by atoms with Crippen LogP contribution in [0, 0.1) is 12.8 Å². The zero-order chi connectivity index (χ0) is 19.5. The van der Waals surface area contributed by atoms with E-state index >= 15 is 0 Å². The summed E-state index contributed by atoms with van der Waals surface area (Å²) in [5.41, 5.74) is 3.58. The Balaban J connectivity index is 1.41. The third-order valence-electron chi connectivity index (χ3n) is 5.81. The summed E-state index contributed by atoms with van der Waals surface area (Å²) in [5.74, 6) is 0.410. The van der Waals surface area contributed by atoms with E-state index in [2.05, 4.69) is 41.4 Å². The second kappa shape index (κ2) is 8.64. The second-order valence-electron chi connectivity index (χ2n) is 7.79. The van der Waals surface area contributed by atoms with Crippen LogP contribution in [0.2, 0.25) is 5.02 Å². The second-order valence-corrected chi connectivity index (χ2v) is 8.20. The van der Waals surface area contributed by atoms with Gasteiger partial charge in [-0.2, -0.15) is 0 Å². The fourth-order valence-corrected chi connectivity index (χ4v) is 4.43. The molecule has 4 nitrogen and oxygen atoms in total. The molecule has 4 rings (SSSR count). The minimum Gasteiger partial charge on any atom is -0.379 e. The van der Waals surface area contributed by atoms with Crippen molar-refractivity contribution in [3.8, 4) is 0 Å². The maximum Gasteiger partial charge on any atom is 0.223 e. The number of nitrogens with one attached hydrogen (secondary N) is 1. The summed E-state index contributed by atoms with van der Waals surface area (Å²) in [7, 11) is 0. The molecular formula is C23H27ClN2O2. The van der Waals surface area contributed by atoms with Gasteiger partial charge in [-0.15, -0.1) is 0 Å². The highest BCUT2D eigenvalue weighted by Gasteiger charge is 2.44. The normalized spacial score (nSPS) is 23.2. The van der Waals surface area contributed by atoms with Crippen LogP contribution in [0.25, 0.3) is 0 Å². The van der Waals surface area contributed by atoms with E-state index in [-0.39, 0.29) is 23.8 Å². The molecule has 2 fully saturated rings. The number of carbonyl (C=O) groups excluding carboxylic acids is 1. The van der Waals surface area contributed by atoms with Gasteiger partial charge < -0.3 is 10.1 Å². The van der Waals surface area contributed by atoms with E-state index in [4.69, 9.17) is 16.3 Å². The van der Waals surface area contributed by atoms with Crippen LogP contribution in [0.5, 0.6) is 0 Å². The van der Waals surface area contributed by atoms with E-state index < -0.39 is 0 Å². The number of rotatable bonds is 6. The number of aryl methyl sites for hydroxylation is 1. The Morgan fingerprint density at radius 1 is 1.21 bits per heavy atom. The molecule has 1 aliphatic carbocycles. The lowest BCUT2D eigenvalue weighted by molar-refractivity contribution is -0.122. The third kappa shape index (κ3) is 4.40. The number of halogens is 1. The van der Waals surface area contributed by atoms with Crippen LogP contribution in [0.15, 0.2) is 48.5 Å². The molecule has 3 unspecified atom stereocenters. The summed E-state index contributed by atoms with van der Waals surface area (Å²) in [4.78, 5) is 15.2. The van der Waals surface area contributed by atoms with Crippen LogP contribution in [-0.4, -0.2) is 43.7 Å². The Labute approximate surface area is 171 Å². The van der Waals surface area contributed by atoms with Crippen LogP contribution in [-0.2, 0) is 9.53 Å². The fourth-order valence-electron chi connectivity index (χ4n) is 4.16. The molecule has 5 heteroatoms. The number of hydrogen-bond donors (Lipinski definition) is 1. The van der Waals surface area contributed by atoms with Crippen molar-refractivity contribution in [2.45, 2.75) is 25.3 Å². The molecule has 2 aliphatic rings. The van der Waals surface area contributed by atoms with Crippen molar-refractivity contribution in [3.63, 3.8) is 0 Å². The molecule has 3 atom stereocenters. The van der Waals surface area contributed by atoms with Gasteiger partial charge in [0.05, 0.1) is 19.3 Å². The first-order valence-corrected chi connectivity index (χ1v) is 10.4. The zero-order valence-corrected chi connectivity index (χ0v) is 17.0. The van der Waals surface area contributed by atoms with Gasteiger partial charge in [-0.1, -0.05) is 59.6 Å². The minimum absolute atomic E-state index is 0.0303. The number of nitrogens with zero attached hydrogens (tertiary/aromatic N) is 1. The SMILES string of the molecule is Cc1cccc(C(CNC(=O)C2CC2c2ccccc2Cl)N2CCOCC2)c1. The number of benzene rings is 2. The van der Waals surface area contributed by atoms with Gasteiger partial charge in [0.1, 0.15) is 0 Å². The van der Waals surface area contributed by atoms with Crippen molar-refractivity contribution in [2.24, 2.45) is 5.92 Å². The van der Waals surface area contributed by atoms with Crippen LogP contribution in [0.3, 0.4) is 0 Å². The highest BCUT2D eigenvalue weighted by Crippen LogP contribution is 2.49. The van der Waals surface area contributed by atoms with Crippen molar-refractivity contribution in [1.29, 1.82) is 0 Å². The van der Waals surface area contributed by atoms with Crippen molar-refractivity contribution in [3.05, 3.63) is 70.2 Å². The van der Waals surface area contributed by atoms with E-state index in [1.54, 1.807) is 0 Å². The topological polar surface area (TPSA) is 41.6 Å². The fraction of sp³-hybridized carbons (Fsp3) is 0.435. The van der Waals surface area contributed by atoms with E-state index in [1.807, 2.05) is 24.3 Å². The molecule has 1 saturated carbocycles. The predicted molar refractivity (Wildman–Crippen MR) is 112 cm³/mol. The maximum atomic E-state index is 12.8. The molecule has 1 N–H and O–H groups in total. The number of hydrogen-bond acceptors (Lipinski definition) is 3. The lowest BCUT2D eigenvalue weighted by atomic mass is 10.0. The molecule has 0 bridgehead atoms. The molecule has 28 heavy (non-hydrogen) atoms. The van der Waals surface area contributed by atoms with E-state index in [1.165, 1.54) is 11.1 Å². The molecule has 0 aromatic heterocycles. The van der Waals surface area contributed by atoms with Crippen molar-refractivity contribution >= 4 is 17.5 Å². The number of carbonyl (C=O) groups is 1. The lowest BCUT2D eigenvalue weighted by Crippen LogP contribution is -2.44. The van der Waals surface area contributed by atoms with Gasteiger partial charge in [0.2, 0.25) is 5.91 Å². The predicted octanol–water partition coefficient (Wildman–Crippen LogP) is 3.94. The summed E-state index contributed by atoms with van der Waals surface area (Å²) >= 11 is 6.30. The molecule has 1 aliphatic heterocycles. The molecule has 0 radical (unpaired) electrons. The first-order valence-electron chi connectivity index (χ1n) is 10.0. The van der Waals surface area contributed by atoms with Gasteiger partial charge >= 0.3 is 0 Å². The highest BCUT2D eigenvalue weighted by atomic mass is 35.5. The average molecular weight is 399 g/mol. The molecule has 2 aromatic carbocycles. The summed E-state index contributed by atoms with van der Waals surface area (Å²) in [6, 6.07) is 16.6. The van der Waals surface area contributed by atoms with E-state index in [9.17, 15) is 4.79 Å². The van der Waals surface area contributed by atoms with Gasteiger partial charge in [0.15, 0.2) is 0 Å². The monoisotopic (exact) mass is 398 g/mol. The molecule has 1 saturated heterocycles. The quantitative estimate of drug-likeness (QED) is 0.801. The highest BCUT2D eigenvalue weighted by molar-refractivity contribution is 6.31. The molecule has 0 spiro atoms. The first kappa shape index (κ1) is 19.4. The molecular weight excluding hydrogens is 372 g/mol. The van der Waals surface area contributed by atoms with Gasteiger partial charge in [0, 0.05) is 30.6 Å². The Morgan fingerprint density at radius 3 is 2.75 bits per heavy atom.